The van der Waals surface area contributed by atoms with Gasteiger partial charge in [-0.3, -0.25) is 9.59 Å². The van der Waals surface area contributed by atoms with Crippen molar-refractivity contribution >= 4 is 11.6 Å². The van der Waals surface area contributed by atoms with Crippen molar-refractivity contribution in [1.82, 2.24) is 0 Å². The topological polar surface area (TPSA) is 46.7 Å². The molecule has 0 aromatic heterocycles. The molecule has 0 N–H and O–H groups in total. The van der Waals surface area contributed by atoms with Crippen LogP contribution in [0.1, 0.15) is 6.42 Å². The average molecular weight is 250 g/mol. The van der Waals surface area contributed by atoms with Crippen LogP contribution >= 0.6 is 0 Å². The normalized spacial score (nSPS) is 34.2. The minimum atomic E-state index is -1.17. The van der Waals surface area contributed by atoms with Crippen LogP contribution in [0.5, 0.6) is 0 Å². The van der Waals surface area contributed by atoms with Gasteiger partial charge in [-0.15, -0.1) is 0 Å². The fourth-order valence-electron chi connectivity index (χ4n) is 1.73. The molecule has 0 saturated carbocycles. The van der Waals surface area contributed by atoms with Crippen molar-refractivity contribution in [3.05, 3.63) is 29.9 Å². The zero-order chi connectivity index (χ0) is 8.34. The molecule has 0 aromatic carbocycles. The molecule has 0 aromatic rings. The van der Waals surface area contributed by atoms with Gasteiger partial charge in [-0.2, -0.15) is 6.61 Å². The van der Waals surface area contributed by atoms with Crippen LogP contribution in [0.25, 0.3) is 0 Å². The van der Waals surface area contributed by atoms with Crippen molar-refractivity contribution < 1.29 is 47.0 Å². The number of epoxide rings is 1. The van der Waals surface area contributed by atoms with Crippen LogP contribution in [0.2, 0.25) is 0 Å². The molecule has 1 saturated heterocycles. The van der Waals surface area contributed by atoms with Gasteiger partial charge in [-0.1, -0.05) is 12.2 Å². The number of allylic oxidation sites excluding steroid dienone is 2. The van der Waals surface area contributed by atoms with Gasteiger partial charge in [-0.05, 0) is 6.42 Å². The number of hydrogen-bond acceptors (Lipinski definition) is 3. The second kappa shape index (κ2) is 2.69. The molecule has 1 unspecified atom stereocenters. The second-order valence-corrected chi connectivity index (χ2v) is 3.13. The van der Waals surface area contributed by atoms with E-state index in [1.165, 1.54) is 6.61 Å². The van der Waals surface area contributed by atoms with Crippen molar-refractivity contribution in [2.75, 3.05) is 0 Å². The smallest absolute Gasteiger partial charge is 0.170 e. The first-order chi connectivity index (χ1) is 5.76. The van der Waals surface area contributed by atoms with Crippen LogP contribution in [0.3, 0.4) is 0 Å². The first-order valence-corrected chi connectivity index (χ1v) is 3.77. The molecule has 63 valence electrons. The molecule has 1 heterocycles. The number of carbonyl (C=O) groups excluding carboxylic acids is 2. The zero-order valence-electron chi connectivity index (χ0n) is 6.74. The van der Waals surface area contributed by atoms with E-state index in [9.17, 15) is 9.59 Å². The summed E-state index contributed by atoms with van der Waals surface area (Å²) >= 11 is 0. The van der Waals surface area contributed by atoms with E-state index in [0.717, 1.165) is 0 Å². The van der Waals surface area contributed by atoms with Crippen LogP contribution < -0.4 is 0 Å². The fourth-order valence-corrected chi connectivity index (χ4v) is 1.73. The molecule has 0 amide bonds. The molecule has 1 radical (unpaired) electrons. The molecule has 1 aliphatic heterocycles. The second-order valence-electron chi connectivity index (χ2n) is 3.13. The van der Waals surface area contributed by atoms with E-state index < -0.39 is 5.60 Å². The van der Waals surface area contributed by atoms with Gasteiger partial charge in [0.1, 0.15) is 0 Å². The Hall–Kier alpha value is -0.116. The quantitative estimate of drug-likeness (QED) is 0.353. The van der Waals surface area contributed by atoms with Crippen LogP contribution in [0.4, 0.5) is 0 Å². The summed E-state index contributed by atoms with van der Waals surface area (Å²) < 4.78 is 4.82. The van der Waals surface area contributed by atoms with Crippen molar-refractivity contribution in [2.45, 2.75) is 12.0 Å². The van der Waals surface area contributed by atoms with Crippen molar-refractivity contribution in [2.24, 2.45) is 0 Å². The van der Waals surface area contributed by atoms with Crippen LogP contribution in [0, 0.1) is 6.61 Å². The molecule has 3 nitrogen and oxygen atoms in total. The zero-order valence-corrected chi connectivity index (χ0v) is 9.58. The number of hydrogen-bond donors (Lipinski definition) is 0. The number of Topliss-reactive ketones (excluding diaryl/α,β-unsaturated/α-hetero) is 2. The Morgan fingerprint density at radius 3 is 2.62 bits per heavy atom. The predicted molar refractivity (Wildman–Crippen MR) is 38.9 cm³/mol. The molecule has 3 rings (SSSR count). The molecular formula is C9H5O3Y-. The monoisotopic (exact) mass is 250 g/mol. The Morgan fingerprint density at radius 2 is 2.08 bits per heavy atom. The third kappa shape index (κ3) is 0.954. The molecule has 2 aliphatic carbocycles. The molecule has 3 aliphatic rings. The molecule has 4 heteroatoms. The van der Waals surface area contributed by atoms with Gasteiger partial charge in [0, 0.05) is 43.9 Å². The van der Waals surface area contributed by atoms with Crippen molar-refractivity contribution in [3.8, 4) is 0 Å². The summed E-state index contributed by atoms with van der Waals surface area (Å²) in [4.78, 5) is 23.0. The van der Waals surface area contributed by atoms with Gasteiger partial charge in [0.25, 0.3) is 0 Å². The maximum absolute atomic E-state index is 11.5. The van der Waals surface area contributed by atoms with E-state index in [2.05, 4.69) is 0 Å². The van der Waals surface area contributed by atoms with Gasteiger partial charge >= 0.3 is 0 Å². The number of ether oxygens (including phenoxy) is 1. The van der Waals surface area contributed by atoms with E-state index >= 15 is 0 Å². The summed E-state index contributed by atoms with van der Waals surface area (Å²) in [6.07, 6.45) is 4.12. The van der Waals surface area contributed by atoms with Gasteiger partial charge in [0.15, 0.2) is 11.6 Å². The van der Waals surface area contributed by atoms with E-state index in [-0.39, 0.29) is 44.3 Å². The molecule has 1 spiro atoms. The Labute approximate surface area is 100 Å². The summed E-state index contributed by atoms with van der Waals surface area (Å²) in [5.74, 6) is -0.344. The number of rotatable bonds is 0. The third-order valence-electron chi connectivity index (χ3n) is 2.48. The standard InChI is InChI=1S/C9H5O3.Y/c10-7-5-2-1-3-6(5)8(11)9(7)4-12-9;/h1-2,4H,3H2;/q-1;. The van der Waals surface area contributed by atoms with E-state index in [1.807, 2.05) is 6.08 Å². The summed E-state index contributed by atoms with van der Waals surface area (Å²) in [6, 6.07) is 0. The SMILES string of the molecule is O=C1C2=C(CC=C2)C(=O)C12[CH-]O2.[Y]. The molecule has 13 heavy (non-hydrogen) atoms. The first kappa shape index (κ1) is 9.44. The van der Waals surface area contributed by atoms with Crippen molar-refractivity contribution in [1.29, 1.82) is 0 Å². The maximum Gasteiger partial charge on any atom is 0.170 e. The summed E-state index contributed by atoms with van der Waals surface area (Å²) in [5.41, 5.74) is -0.00222. The van der Waals surface area contributed by atoms with E-state index in [4.69, 9.17) is 4.74 Å². The Bertz CT molecular complexity index is 374. The minimum absolute atomic E-state index is 0. The minimum Gasteiger partial charge on any atom is -0.554 e. The van der Waals surface area contributed by atoms with Gasteiger partial charge in [-0.25, -0.2) is 0 Å². The van der Waals surface area contributed by atoms with E-state index in [1.54, 1.807) is 6.08 Å². The molecule has 1 atom stereocenters. The summed E-state index contributed by atoms with van der Waals surface area (Å²) in [5, 5.41) is 0. The number of carbonyl (C=O) groups is 2. The largest absolute Gasteiger partial charge is 0.554 e. The maximum atomic E-state index is 11.5. The van der Waals surface area contributed by atoms with Gasteiger partial charge in [0.2, 0.25) is 0 Å². The molecule has 0 bridgehead atoms. The van der Waals surface area contributed by atoms with Gasteiger partial charge in [0.05, 0.1) is 5.60 Å². The summed E-state index contributed by atoms with van der Waals surface area (Å²) in [7, 11) is 0. The fraction of sp³-hybridized carbons (Fsp3) is 0.222. The van der Waals surface area contributed by atoms with Crippen molar-refractivity contribution in [3.63, 3.8) is 0 Å². The Kier molecular flexibility index (Phi) is 1.95. The average Bonchev–Trinajstić information content (AvgIpc) is 2.69. The molecular weight excluding hydrogens is 245 g/mol. The van der Waals surface area contributed by atoms with Crippen LogP contribution in [-0.4, -0.2) is 17.2 Å². The number of ketones is 2. The first-order valence-electron chi connectivity index (χ1n) is 3.77. The van der Waals surface area contributed by atoms with Crippen LogP contribution in [-0.2, 0) is 47.0 Å². The molecule has 1 fully saturated rings. The Balaban J connectivity index is 0.000000653. The van der Waals surface area contributed by atoms with E-state index in [0.29, 0.717) is 17.6 Å². The Morgan fingerprint density at radius 1 is 1.38 bits per heavy atom. The summed E-state index contributed by atoms with van der Waals surface area (Å²) in [6.45, 7) is 1.32. The van der Waals surface area contributed by atoms with Gasteiger partial charge < -0.3 is 4.74 Å². The predicted octanol–water partition coefficient (Wildman–Crippen LogP) is 0.323. The van der Waals surface area contributed by atoms with Crippen LogP contribution in [0.15, 0.2) is 23.3 Å². The third-order valence-corrected chi connectivity index (χ3v) is 2.48.